The largest absolute Gasteiger partial charge is 0.469 e. The third-order valence-electron chi connectivity index (χ3n) is 2.71. The van der Waals surface area contributed by atoms with Crippen LogP contribution in [0.25, 0.3) is 0 Å². The number of cyclic esters (lactones) is 1. The molecule has 0 aromatic carbocycles. The standard InChI is InChI=1S/C11H18O4/c1-3-4-5-6-9-8(11(13)14-2)7-10(12)15-9/h8-9H,3-7H2,1-2H3. The monoisotopic (exact) mass is 214 g/mol. The number of carbonyl (C=O) groups is 2. The van der Waals surface area contributed by atoms with Crippen molar-refractivity contribution in [2.75, 3.05) is 7.11 Å². The lowest BCUT2D eigenvalue weighted by Crippen LogP contribution is -2.25. The Balaban J connectivity index is 2.45. The van der Waals surface area contributed by atoms with E-state index in [-0.39, 0.29) is 30.4 Å². The summed E-state index contributed by atoms with van der Waals surface area (Å²) in [5.41, 5.74) is 0. The summed E-state index contributed by atoms with van der Waals surface area (Å²) in [6.45, 7) is 2.11. The van der Waals surface area contributed by atoms with Crippen molar-refractivity contribution in [1.82, 2.24) is 0 Å². The van der Waals surface area contributed by atoms with Crippen LogP contribution in [0.2, 0.25) is 0 Å². The Bertz CT molecular complexity index is 237. The van der Waals surface area contributed by atoms with Gasteiger partial charge in [-0.3, -0.25) is 9.59 Å². The third-order valence-corrected chi connectivity index (χ3v) is 2.71. The Hall–Kier alpha value is -1.06. The average Bonchev–Trinajstić information content (AvgIpc) is 2.59. The summed E-state index contributed by atoms with van der Waals surface area (Å²) in [4.78, 5) is 22.4. The van der Waals surface area contributed by atoms with Gasteiger partial charge in [-0.05, 0) is 12.8 Å². The minimum absolute atomic E-state index is 0.170. The second-order valence-corrected chi connectivity index (χ2v) is 3.86. The Labute approximate surface area is 89.9 Å². The van der Waals surface area contributed by atoms with Gasteiger partial charge in [-0.1, -0.05) is 19.8 Å². The summed E-state index contributed by atoms with van der Waals surface area (Å²) < 4.78 is 9.75. The lowest BCUT2D eigenvalue weighted by atomic mass is 9.97. The summed E-state index contributed by atoms with van der Waals surface area (Å²) in [6, 6.07) is 0. The number of rotatable bonds is 5. The van der Waals surface area contributed by atoms with E-state index in [1.165, 1.54) is 7.11 Å². The molecule has 0 bridgehead atoms. The summed E-state index contributed by atoms with van der Waals surface area (Å²) in [5, 5.41) is 0. The first-order valence-electron chi connectivity index (χ1n) is 5.46. The predicted octanol–water partition coefficient (Wildman–Crippen LogP) is 1.67. The molecular weight excluding hydrogens is 196 g/mol. The van der Waals surface area contributed by atoms with Gasteiger partial charge in [0.25, 0.3) is 0 Å². The van der Waals surface area contributed by atoms with E-state index >= 15 is 0 Å². The van der Waals surface area contributed by atoms with Crippen molar-refractivity contribution in [3.8, 4) is 0 Å². The van der Waals surface area contributed by atoms with Crippen LogP contribution in [-0.4, -0.2) is 25.2 Å². The lowest BCUT2D eigenvalue weighted by molar-refractivity contribution is -0.147. The normalized spacial score (nSPS) is 25.1. The fourth-order valence-corrected chi connectivity index (χ4v) is 1.85. The summed E-state index contributed by atoms with van der Waals surface area (Å²) >= 11 is 0. The van der Waals surface area contributed by atoms with E-state index in [4.69, 9.17) is 4.74 Å². The molecule has 0 amide bonds. The van der Waals surface area contributed by atoms with Crippen LogP contribution in [0.3, 0.4) is 0 Å². The van der Waals surface area contributed by atoms with Crippen LogP contribution in [-0.2, 0) is 19.1 Å². The van der Waals surface area contributed by atoms with Gasteiger partial charge in [-0.2, -0.15) is 0 Å². The highest BCUT2D eigenvalue weighted by Gasteiger charge is 2.39. The Morgan fingerprint density at radius 3 is 2.87 bits per heavy atom. The van der Waals surface area contributed by atoms with E-state index in [1.54, 1.807) is 0 Å². The molecule has 0 spiro atoms. The van der Waals surface area contributed by atoms with Crippen molar-refractivity contribution in [3.63, 3.8) is 0 Å². The molecule has 0 radical (unpaired) electrons. The number of hydrogen-bond acceptors (Lipinski definition) is 4. The van der Waals surface area contributed by atoms with E-state index in [2.05, 4.69) is 11.7 Å². The molecule has 1 aliphatic rings. The summed E-state index contributed by atoms with van der Waals surface area (Å²) in [6.07, 6.45) is 3.87. The molecule has 15 heavy (non-hydrogen) atoms. The fraction of sp³-hybridized carbons (Fsp3) is 0.818. The van der Waals surface area contributed by atoms with Crippen molar-refractivity contribution < 1.29 is 19.1 Å². The van der Waals surface area contributed by atoms with Crippen molar-refractivity contribution in [2.45, 2.75) is 45.1 Å². The van der Waals surface area contributed by atoms with Crippen molar-refractivity contribution in [3.05, 3.63) is 0 Å². The van der Waals surface area contributed by atoms with E-state index < -0.39 is 0 Å². The zero-order chi connectivity index (χ0) is 11.3. The quantitative estimate of drug-likeness (QED) is 0.516. The topological polar surface area (TPSA) is 52.6 Å². The zero-order valence-electron chi connectivity index (χ0n) is 9.32. The maximum Gasteiger partial charge on any atom is 0.313 e. The number of hydrogen-bond donors (Lipinski definition) is 0. The van der Waals surface area contributed by atoms with Gasteiger partial charge < -0.3 is 9.47 Å². The van der Waals surface area contributed by atoms with Gasteiger partial charge in [-0.15, -0.1) is 0 Å². The van der Waals surface area contributed by atoms with Crippen LogP contribution < -0.4 is 0 Å². The van der Waals surface area contributed by atoms with Gasteiger partial charge in [0.05, 0.1) is 13.5 Å². The van der Waals surface area contributed by atoms with E-state index in [1.807, 2.05) is 0 Å². The molecule has 0 aromatic heterocycles. The minimum Gasteiger partial charge on any atom is -0.469 e. The van der Waals surface area contributed by atoms with Crippen LogP contribution in [0.5, 0.6) is 0 Å². The Morgan fingerprint density at radius 1 is 1.53 bits per heavy atom. The molecule has 86 valence electrons. The number of ether oxygens (including phenoxy) is 2. The number of unbranched alkanes of at least 4 members (excludes halogenated alkanes) is 2. The Kier molecular flexibility index (Phi) is 4.59. The zero-order valence-corrected chi connectivity index (χ0v) is 9.32. The molecule has 4 nitrogen and oxygen atoms in total. The first kappa shape index (κ1) is 12.0. The average molecular weight is 214 g/mol. The van der Waals surface area contributed by atoms with Gasteiger partial charge in [0.1, 0.15) is 12.0 Å². The van der Waals surface area contributed by atoms with Gasteiger partial charge in [0, 0.05) is 0 Å². The number of carbonyl (C=O) groups excluding carboxylic acids is 2. The predicted molar refractivity (Wildman–Crippen MR) is 54.1 cm³/mol. The highest BCUT2D eigenvalue weighted by atomic mass is 16.6. The van der Waals surface area contributed by atoms with Crippen LogP contribution in [0.15, 0.2) is 0 Å². The number of methoxy groups -OCH3 is 1. The molecule has 1 aliphatic heterocycles. The minimum atomic E-state index is -0.389. The second kappa shape index (κ2) is 5.73. The summed E-state index contributed by atoms with van der Waals surface area (Å²) in [7, 11) is 1.34. The van der Waals surface area contributed by atoms with E-state index in [0.717, 1.165) is 25.7 Å². The Morgan fingerprint density at radius 2 is 2.27 bits per heavy atom. The van der Waals surface area contributed by atoms with Crippen LogP contribution >= 0.6 is 0 Å². The molecule has 1 saturated heterocycles. The molecule has 0 aliphatic carbocycles. The van der Waals surface area contributed by atoms with Gasteiger partial charge in [0.15, 0.2) is 0 Å². The fourth-order valence-electron chi connectivity index (χ4n) is 1.85. The van der Waals surface area contributed by atoms with Crippen LogP contribution in [0.4, 0.5) is 0 Å². The molecule has 0 N–H and O–H groups in total. The smallest absolute Gasteiger partial charge is 0.313 e. The molecule has 1 rings (SSSR count). The van der Waals surface area contributed by atoms with Crippen molar-refractivity contribution in [1.29, 1.82) is 0 Å². The molecule has 4 heteroatoms. The summed E-state index contributed by atoms with van der Waals surface area (Å²) in [5.74, 6) is -1.01. The second-order valence-electron chi connectivity index (χ2n) is 3.86. The molecular formula is C11H18O4. The van der Waals surface area contributed by atoms with Crippen LogP contribution in [0, 0.1) is 5.92 Å². The van der Waals surface area contributed by atoms with E-state index in [9.17, 15) is 9.59 Å². The SMILES string of the molecule is CCCCCC1OC(=O)CC1C(=O)OC. The van der Waals surface area contributed by atoms with Gasteiger partial charge in [0.2, 0.25) is 0 Å². The molecule has 1 fully saturated rings. The first-order valence-corrected chi connectivity index (χ1v) is 5.46. The number of esters is 2. The van der Waals surface area contributed by atoms with Gasteiger partial charge in [-0.25, -0.2) is 0 Å². The van der Waals surface area contributed by atoms with Crippen molar-refractivity contribution in [2.24, 2.45) is 5.92 Å². The molecule has 2 unspecified atom stereocenters. The molecule has 0 saturated carbocycles. The lowest BCUT2D eigenvalue weighted by Gasteiger charge is -2.14. The molecule has 1 heterocycles. The van der Waals surface area contributed by atoms with Crippen molar-refractivity contribution >= 4 is 11.9 Å². The van der Waals surface area contributed by atoms with Gasteiger partial charge >= 0.3 is 11.9 Å². The van der Waals surface area contributed by atoms with E-state index in [0.29, 0.717) is 0 Å². The highest BCUT2D eigenvalue weighted by Crippen LogP contribution is 2.27. The third kappa shape index (κ3) is 3.22. The van der Waals surface area contributed by atoms with Crippen LogP contribution in [0.1, 0.15) is 39.0 Å². The first-order chi connectivity index (χ1) is 7.19. The molecule has 2 atom stereocenters. The highest BCUT2D eigenvalue weighted by molar-refractivity contribution is 5.83. The molecule has 0 aromatic rings. The maximum absolute atomic E-state index is 11.3. The maximum atomic E-state index is 11.3.